The van der Waals surface area contributed by atoms with Crippen LogP contribution in [0.25, 0.3) is 0 Å². The van der Waals surface area contributed by atoms with Gasteiger partial charge in [-0.15, -0.1) is 0 Å². The number of likely N-dealkylation sites (N-methyl/N-ethyl adjacent to an activating group) is 1. The lowest BCUT2D eigenvalue weighted by molar-refractivity contribution is -0.137. The molecule has 1 unspecified atom stereocenters. The van der Waals surface area contributed by atoms with Crippen LogP contribution in [-0.4, -0.2) is 19.3 Å². The summed E-state index contributed by atoms with van der Waals surface area (Å²) >= 11 is 0. The average Bonchev–Trinajstić information content (AvgIpc) is 2.35. The Morgan fingerprint density at radius 2 is 1.89 bits per heavy atom. The van der Waals surface area contributed by atoms with Gasteiger partial charge < -0.3 is 10.1 Å². The van der Waals surface area contributed by atoms with Crippen molar-refractivity contribution in [1.29, 1.82) is 0 Å². The van der Waals surface area contributed by atoms with Gasteiger partial charge in [0, 0.05) is 7.11 Å². The van der Waals surface area contributed by atoms with E-state index in [9.17, 15) is 13.2 Å². The summed E-state index contributed by atoms with van der Waals surface area (Å²) in [6, 6.07) is 5.06. The van der Waals surface area contributed by atoms with Crippen LogP contribution in [-0.2, 0) is 10.9 Å². The first-order chi connectivity index (χ1) is 8.72. The van der Waals surface area contributed by atoms with E-state index in [1.54, 1.807) is 13.2 Å². The quantitative estimate of drug-likeness (QED) is 0.883. The standard InChI is InChI=1S/C14H20F3NO/c1-5-18-12(13(2,3)19-4)10-7-6-8-11(9-10)14(15,16)17/h6-9,12,18H,5H2,1-4H3. The van der Waals surface area contributed by atoms with Crippen molar-refractivity contribution < 1.29 is 17.9 Å². The summed E-state index contributed by atoms with van der Waals surface area (Å²) in [4.78, 5) is 0. The molecule has 0 saturated carbocycles. The van der Waals surface area contributed by atoms with Crippen molar-refractivity contribution in [3.8, 4) is 0 Å². The van der Waals surface area contributed by atoms with Crippen molar-refractivity contribution in [3.05, 3.63) is 35.4 Å². The van der Waals surface area contributed by atoms with Crippen LogP contribution in [0.15, 0.2) is 24.3 Å². The van der Waals surface area contributed by atoms with Crippen LogP contribution in [0.1, 0.15) is 37.9 Å². The van der Waals surface area contributed by atoms with Gasteiger partial charge in [-0.1, -0.05) is 19.1 Å². The Hall–Kier alpha value is -1.07. The largest absolute Gasteiger partial charge is 0.416 e. The smallest absolute Gasteiger partial charge is 0.377 e. The highest BCUT2D eigenvalue weighted by Gasteiger charge is 2.34. The molecule has 0 aromatic heterocycles. The van der Waals surface area contributed by atoms with E-state index in [2.05, 4.69) is 5.32 Å². The van der Waals surface area contributed by atoms with Crippen molar-refractivity contribution >= 4 is 0 Å². The molecular weight excluding hydrogens is 255 g/mol. The number of halogens is 3. The molecule has 1 aromatic carbocycles. The summed E-state index contributed by atoms with van der Waals surface area (Å²) in [6.45, 7) is 6.25. The number of benzene rings is 1. The lowest BCUT2D eigenvalue weighted by atomic mass is 9.90. The maximum Gasteiger partial charge on any atom is 0.416 e. The summed E-state index contributed by atoms with van der Waals surface area (Å²) in [5.74, 6) is 0. The number of hydrogen-bond donors (Lipinski definition) is 1. The van der Waals surface area contributed by atoms with Crippen LogP contribution < -0.4 is 5.32 Å². The monoisotopic (exact) mass is 275 g/mol. The number of methoxy groups -OCH3 is 1. The van der Waals surface area contributed by atoms with E-state index in [4.69, 9.17) is 4.74 Å². The second-order valence-corrected chi connectivity index (χ2v) is 4.92. The van der Waals surface area contributed by atoms with Crippen LogP contribution in [0, 0.1) is 0 Å². The van der Waals surface area contributed by atoms with Gasteiger partial charge in [0.15, 0.2) is 0 Å². The van der Waals surface area contributed by atoms with E-state index in [0.717, 1.165) is 6.07 Å². The van der Waals surface area contributed by atoms with Crippen LogP contribution in [0.4, 0.5) is 13.2 Å². The summed E-state index contributed by atoms with van der Waals surface area (Å²) in [5.41, 5.74) is -0.663. The molecule has 0 fully saturated rings. The fourth-order valence-corrected chi connectivity index (χ4v) is 1.98. The number of hydrogen-bond acceptors (Lipinski definition) is 2. The van der Waals surface area contributed by atoms with Gasteiger partial charge in [-0.25, -0.2) is 0 Å². The SMILES string of the molecule is CCNC(c1cccc(C(F)(F)F)c1)C(C)(C)OC. The van der Waals surface area contributed by atoms with Crippen LogP contribution in [0.2, 0.25) is 0 Å². The van der Waals surface area contributed by atoms with Crippen molar-refractivity contribution in [2.24, 2.45) is 0 Å². The zero-order valence-electron chi connectivity index (χ0n) is 11.6. The summed E-state index contributed by atoms with van der Waals surface area (Å²) in [7, 11) is 1.55. The van der Waals surface area contributed by atoms with Gasteiger partial charge in [0.1, 0.15) is 0 Å². The molecule has 0 aliphatic rings. The molecule has 19 heavy (non-hydrogen) atoms. The van der Waals surface area contributed by atoms with Crippen molar-refractivity contribution in [2.75, 3.05) is 13.7 Å². The fraction of sp³-hybridized carbons (Fsp3) is 0.571. The number of rotatable bonds is 5. The topological polar surface area (TPSA) is 21.3 Å². The molecule has 1 N–H and O–H groups in total. The van der Waals surface area contributed by atoms with Gasteiger partial charge in [-0.2, -0.15) is 13.2 Å². The lowest BCUT2D eigenvalue weighted by Crippen LogP contribution is -2.40. The molecule has 0 aliphatic heterocycles. The minimum Gasteiger partial charge on any atom is -0.377 e. The van der Waals surface area contributed by atoms with E-state index in [-0.39, 0.29) is 6.04 Å². The van der Waals surface area contributed by atoms with Gasteiger partial charge in [0.2, 0.25) is 0 Å². The van der Waals surface area contributed by atoms with Gasteiger partial charge in [0.25, 0.3) is 0 Å². The van der Waals surface area contributed by atoms with E-state index in [1.165, 1.54) is 12.1 Å². The molecule has 0 aliphatic carbocycles. The maximum absolute atomic E-state index is 12.7. The Bertz CT molecular complexity index is 415. The van der Waals surface area contributed by atoms with E-state index < -0.39 is 17.3 Å². The van der Waals surface area contributed by atoms with E-state index in [1.807, 2.05) is 20.8 Å². The highest BCUT2D eigenvalue weighted by atomic mass is 19.4. The van der Waals surface area contributed by atoms with Crippen LogP contribution >= 0.6 is 0 Å². The molecule has 0 bridgehead atoms. The maximum atomic E-state index is 12.7. The molecule has 108 valence electrons. The number of ether oxygens (including phenoxy) is 1. The zero-order chi connectivity index (χ0) is 14.7. The Kier molecular flexibility index (Phi) is 4.98. The third-order valence-corrected chi connectivity index (χ3v) is 3.18. The first-order valence-corrected chi connectivity index (χ1v) is 6.18. The Labute approximate surface area is 112 Å². The first-order valence-electron chi connectivity index (χ1n) is 6.18. The molecular formula is C14H20F3NO. The Morgan fingerprint density at radius 1 is 1.26 bits per heavy atom. The molecule has 2 nitrogen and oxygen atoms in total. The summed E-state index contributed by atoms with van der Waals surface area (Å²) < 4.78 is 43.6. The molecule has 0 radical (unpaired) electrons. The summed E-state index contributed by atoms with van der Waals surface area (Å²) in [5, 5.41) is 3.18. The Balaban J connectivity index is 3.17. The molecule has 1 aromatic rings. The van der Waals surface area contributed by atoms with Crippen LogP contribution in [0.3, 0.4) is 0 Å². The molecule has 0 saturated heterocycles. The first kappa shape index (κ1) is 16.0. The van der Waals surface area contributed by atoms with Crippen molar-refractivity contribution in [1.82, 2.24) is 5.32 Å². The third-order valence-electron chi connectivity index (χ3n) is 3.18. The minimum absolute atomic E-state index is 0.301. The number of alkyl halides is 3. The number of nitrogens with one attached hydrogen (secondary N) is 1. The van der Waals surface area contributed by atoms with Gasteiger partial charge in [-0.3, -0.25) is 0 Å². The highest BCUT2D eigenvalue weighted by molar-refractivity contribution is 5.29. The molecule has 5 heteroatoms. The second-order valence-electron chi connectivity index (χ2n) is 4.92. The normalized spacial score (nSPS) is 14.5. The molecule has 0 spiro atoms. The molecule has 0 heterocycles. The van der Waals surface area contributed by atoms with E-state index in [0.29, 0.717) is 12.1 Å². The molecule has 1 rings (SSSR count). The summed E-state index contributed by atoms with van der Waals surface area (Å²) in [6.07, 6.45) is -4.33. The van der Waals surface area contributed by atoms with Gasteiger partial charge in [0.05, 0.1) is 17.2 Å². The minimum atomic E-state index is -4.33. The second kappa shape index (κ2) is 5.92. The third kappa shape index (κ3) is 3.94. The molecule has 0 amide bonds. The Morgan fingerprint density at radius 3 is 2.37 bits per heavy atom. The van der Waals surface area contributed by atoms with Gasteiger partial charge in [-0.05, 0) is 38.1 Å². The van der Waals surface area contributed by atoms with E-state index >= 15 is 0 Å². The molecule has 1 atom stereocenters. The average molecular weight is 275 g/mol. The lowest BCUT2D eigenvalue weighted by Gasteiger charge is -2.34. The highest BCUT2D eigenvalue weighted by Crippen LogP contribution is 2.34. The van der Waals surface area contributed by atoms with Crippen molar-refractivity contribution in [3.63, 3.8) is 0 Å². The van der Waals surface area contributed by atoms with Crippen molar-refractivity contribution in [2.45, 2.75) is 38.6 Å². The predicted molar refractivity (Wildman–Crippen MR) is 68.9 cm³/mol. The zero-order valence-corrected chi connectivity index (χ0v) is 11.6. The predicted octanol–water partition coefficient (Wildman–Crippen LogP) is 3.78. The van der Waals surface area contributed by atoms with Crippen LogP contribution in [0.5, 0.6) is 0 Å². The van der Waals surface area contributed by atoms with Gasteiger partial charge >= 0.3 is 6.18 Å². The fourth-order valence-electron chi connectivity index (χ4n) is 1.98.